The molecule has 3 aliphatic rings. The van der Waals surface area contributed by atoms with E-state index in [1.165, 1.54) is 18.3 Å². The van der Waals surface area contributed by atoms with Gasteiger partial charge in [-0.1, -0.05) is 18.2 Å². The highest BCUT2D eigenvalue weighted by Crippen LogP contribution is 2.32. The molecule has 11 heteroatoms. The highest BCUT2D eigenvalue weighted by Gasteiger charge is 2.45. The summed E-state index contributed by atoms with van der Waals surface area (Å²) in [5, 5.41) is 15.7. The van der Waals surface area contributed by atoms with E-state index in [4.69, 9.17) is 5.41 Å². The highest BCUT2D eigenvalue weighted by molar-refractivity contribution is 6.25. The summed E-state index contributed by atoms with van der Waals surface area (Å²) in [6, 6.07) is 9.26. The largest absolute Gasteiger partial charge is 0.388 e. The summed E-state index contributed by atoms with van der Waals surface area (Å²) in [6.07, 6.45) is 6.68. The van der Waals surface area contributed by atoms with Crippen LogP contribution in [0.3, 0.4) is 0 Å². The summed E-state index contributed by atoms with van der Waals surface area (Å²) in [4.78, 5) is 53.3. The van der Waals surface area contributed by atoms with Gasteiger partial charge >= 0.3 is 0 Å². The molecule has 5 rings (SSSR count). The van der Waals surface area contributed by atoms with E-state index in [0.717, 1.165) is 30.8 Å². The van der Waals surface area contributed by atoms with Crippen molar-refractivity contribution in [2.24, 2.45) is 0 Å². The van der Waals surface area contributed by atoms with E-state index < -0.39 is 29.7 Å². The molecule has 0 radical (unpaired) electrons. The molecule has 40 heavy (non-hydrogen) atoms. The van der Waals surface area contributed by atoms with Crippen LogP contribution in [0.1, 0.15) is 57.5 Å². The van der Waals surface area contributed by atoms with E-state index in [9.17, 15) is 19.2 Å². The first kappa shape index (κ1) is 27.2. The maximum Gasteiger partial charge on any atom is 0.264 e. The minimum absolute atomic E-state index is 0.0514. The number of likely N-dealkylation sites (tertiary alicyclic amines) is 1. The molecule has 4 N–H and O–H groups in total. The molecular weight excluding hydrogens is 515 g/mol. The molecule has 0 aliphatic carbocycles. The molecule has 3 aliphatic heterocycles. The van der Waals surface area contributed by atoms with Crippen LogP contribution in [0, 0.1) is 11.2 Å². The first-order chi connectivity index (χ1) is 19.4. The Morgan fingerprint density at radius 3 is 2.58 bits per heavy atom. The Kier molecular flexibility index (Phi) is 8.01. The average Bonchev–Trinajstić information content (AvgIpc) is 3.20. The minimum Gasteiger partial charge on any atom is -0.388 e. The lowest BCUT2D eigenvalue weighted by molar-refractivity contribution is -0.136. The van der Waals surface area contributed by atoms with Crippen molar-refractivity contribution in [1.29, 1.82) is 5.41 Å². The molecular formula is C29H31FN6O4. The number of benzene rings is 2. The zero-order chi connectivity index (χ0) is 28.2. The molecule has 10 nitrogen and oxygen atoms in total. The number of nitrogens with one attached hydrogen (secondary N) is 4. The van der Waals surface area contributed by atoms with Crippen molar-refractivity contribution in [3.63, 3.8) is 0 Å². The number of amides is 4. The highest BCUT2D eigenvalue weighted by atomic mass is 19.1. The lowest BCUT2D eigenvalue weighted by Crippen LogP contribution is -2.54. The van der Waals surface area contributed by atoms with Crippen LogP contribution in [0.15, 0.2) is 48.7 Å². The predicted molar refractivity (Wildman–Crippen MR) is 146 cm³/mol. The topological polar surface area (TPSA) is 135 Å². The summed E-state index contributed by atoms with van der Waals surface area (Å²) in [6.45, 7) is 2.44. The van der Waals surface area contributed by atoms with Crippen LogP contribution < -0.4 is 16.0 Å². The minimum atomic E-state index is -1.04. The van der Waals surface area contributed by atoms with Gasteiger partial charge in [-0.2, -0.15) is 0 Å². The number of imide groups is 2. The number of halogens is 1. The van der Waals surface area contributed by atoms with E-state index in [0.29, 0.717) is 29.4 Å². The molecule has 2 fully saturated rings. The molecule has 0 spiro atoms. The zero-order valence-corrected chi connectivity index (χ0v) is 21.9. The standard InChI is InChI=1S/C29H31FN6O4/c30-22-15-18(5-6-19(22)17-35-13-9-20(10-14-35)32-12-2-11-31)16-33-23-4-1-3-21-26(23)29(40)36(28(21)39)24-7-8-25(37)34-27(24)38/h1-6,11-12,15,20,24,31-33H,7-10,13-14,16-17H2,(H,34,37,38)/b12-2-,31-11?. The van der Waals surface area contributed by atoms with Gasteiger partial charge in [0.1, 0.15) is 11.9 Å². The monoisotopic (exact) mass is 546 g/mol. The van der Waals surface area contributed by atoms with E-state index in [1.54, 1.807) is 30.5 Å². The van der Waals surface area contributed by atoms with E-state index in [-0.39, 0.29) is 36.3 Å². The average molecular weight is 547 g/mol. The quantitative estimate of drug-likeness (QED) is 0.281. The third-order valence-electron chi connectivity index (χ3n) is 7.57. The summed E-state index contributed by atoms with van der Waals surface area (Å²) < 4.78 is 15.0. The van der Waals surface area contributed by atoms with Crippen LogP contribution in [0.2, 0.25) is 0 Å². The molecule has 3 heterocycles. The number of piperidine rings is 2. The van der Waals surface area contributed by atoms with Crippen molar-refractivity contribution in [1.82, 2.24) is 20.4 Å². The Labute approximate surface area is 231 Å². The number of allylic oxidation sites excluding steroid dienone is 1. The fraction of sp³-hybridized carbons (Fsp3) is 0.345. The third-order valence-corrected chi connectivity index (χ3v) is 7.57. The molecule has 4 amide bonds. The summed E-state index contributed by atoms with van der Waals surface area (Å²) >= 11 is 0. The van der Waals surface area contributed by atoms with Crippen molar-refractivity contribution in [2.75, 3.05) is 18.4 Å². The molecule has 0 aromatic heterocycles. The first-order valence-corrected chi connectivity index (χ1v) is 13.4. The van der Waals surface area contributed by atoms with Crippen LogP contribution in [0.5, 0.6) is 0 Å². The number of rotatable bonds is 9. The number of carbonyl (C=O) groups is 4. The van der Waals surface area contributed by atoms with Gasteiger partial charge < -0.3 is 16.0 Å². The van der Waals surface area contributed by atoms with Gasteiger partial charge in [0.05, 0.1) is 11.1 Å². The van der Waals surface area contributed by atoms with E-state index in [2.05, 4.69) is 20.9 Å². The Hall–Kier alpha value is -4.38. The van der Waals surface area contributed by atoms with Crippen molar-refractivity contribution in [2.45, 2.75) is 50.9 Å². The Morgan fingerprint density at radius 1 is 1.05 bits per heavy atom. The molecule has 1 unspecified atom stereocenters. The number of nitrogens with zero attached hydrogens (tertiary/aromatic N) is 2. The maximum atomic E-state index is 15.0. The van der Waals surface area contributed by atoms with Crippen LogP contribution in [-0.4, -0.2) is 64.8 Å². The number of hydrogen-bond donors (Lipinski definition) is 4. The van der Waals surface area contributed by atoms with Crippen molar-refractivity contribution in [3.05, 3.63) is 76.7 Å². The van der Waals surface area contributed by atoms with Crippen molar-refractivity contribution in [3.8, 4) is 0 Å². The Bertz CT molecular complexity index is 1380. The summed E-state index contributed by atoms with van der Waals surface area (Å²) in [5.74, 6) is -2.56. The van der Waals surface area contributed by atoms with Crippen LogP contribution in [0.4, 0.5) is 10.1 Å². The fourth-order valence-electron chi connectivity index (χ4n) is 5.43. The van der Waals surface area contributed by atoms with Gasteiger partial charge in [0.15, 0.2) is 0 Å². The van der Waals surface area contributed by atoms with Gasteiger partial charge in [-0.05, 0) is 55.3 Å². The van der Waals surface area contributed by atoms with Crippen LogP contribution in [0.25, 0.3) is 0 Å². The van der Waals surface area contributed by atoms with Crippen LogP contribution >= 0.6 is 0 Å². The van der Waals surface area contributed by atoms with Gasteiger partial charge in [0.25, 0.3) is 11.8 Å². The van der Waals surface area contributed by atoms with Crippen LogP contribution in [-0.2, 0) is 22.7 Å². The molecule has 2 saturated heterocycles. The zero-order valence-electron chi connectivity index (χ0n) is 21.9. The molecule has 0 saturated carbocycles. The number of carbonyl (C=O) groups excluding carboxylic acids is 4. The molecule has 2 aromatic carbocycles. The predicted octanol–water partition coefficient (Wildman–Crippen LogP) is 2.56. The second kappa shape index (κ2) is 11.8. The van der Waals surface area contributed by atoms with E-state index >= 15 is 4.39 Å². The third kappa shape index (κ3) is 5.64. The summed E-state index contributed by atoms with van der Waals surface area (Å²) in [5.41, 5.74) is 2.06. The van der Waals surface area contributed by atoms with Crippen molar-refractivity contribution < 1.29 is 23.6 Å². The molecule has 1 atom stereocenters. The van der Waals surface area contributed by atoms with E-state index in [1.807, 2.05) is 6.07 Å². The molecule has 208 valence electrons. The Balaban J connectivity index is 1.21. The van der Waals surface area contributed by atoms with Crippen molar-refractivity contribution >= 4 is 35.5 Å². The summed E-state index contributed by atoms with van der Waals surface area (Å²) in [7, 11) is 0. The lowest BCUT2D eigenvalue weighted by Gasteiger charge is -2.32. The van der Waals surface area contributed by atoms with Gasteiger partial charge in [0.2, 0.25) is 11.8 Å². The number of hydrogen-bond acceptors (Lipinski definition) is 8. The smallest absolute Gasteiger partial charge is 0.264 e. The SMILES string of the molecule is N=C/C=C\NC1CCN(Cc2ccc(CNc3cccc4c3C(=O)N(C3CCC(=O)NC3=O)C4=O)cc2F)CC1. The first-order valence-electron chi connectivity index (χ1n) is 13.4. The maximum absolute atomic E-state index is 15.0. The molecule has 0 bridgehead atoms. The normalized spacial score (nSPS) is 20.1. The van der Waals surface area contributed by atoms with Gasteiger partial charge in [-0.15, -0.1) is 0 Å². The Morgan fingerprint density at radius 2 is 1.85 bits per heavy atom. The second-order valence-electron chi connectivity index (χ2n) is 10.2. The lowest BCUT2D eigenvalue weighted by atomic mass is 10.0. The van der Waals surface area contributed by atoms with Gasteiger partial charge in [0, 0.05) is 56.1 Å². The molecule has 2 aromatic rings. The fourth-order valence-corrected chi connectivity index (χ4v) is 5.43. The van der Waals surface area contributed by atoms with Gasteiger partial charge in [-0.3, -0.25) is 34.3 Å². The number of fused-ring (bicyclic) bond motifs is 1. The number of anilines is 1. The van der Waals surface area contributed by atoms with Gasteiger partial charge in [-0.25, -0.2) is 4.39 Å². The second-order valence-corrected chi connectivity index (χ2v) is 10.2.